The lowest BCUT2D eigenvalue weighted by Crippen LogP contribution is -2.52. The van der Waals surface area contributed by atoms with Crippen molar-refractivity contribution in [3.8, 4) is 22.8 Å². The van der Waals surface area contributed by atoms with Crippen LogP contribution in [0.3, 0.4) is 0 Å². The molecular weight excluding hydrogens is 839 g/mol. The van der Waals surface area contributed by atoms with E-state index in [1.807, 2.05) is 56.6 Å². The molecule has 328 valence electrons. The molecule has 15 heteroatoms. The number of amides is 3. The fraction of sp³-hybridized carbons (Fsp3) is 0.457. The van der Waals surface area contributed by atoms with Crippen LogP contribution in [-0.2, 0) is 45.7 Å². The van der Waals surface area contributed by atoms with Crippen molar-refractivity contribution >= 4 is 59.1 Å². The minimum Gasteiger partial charge on any atom is -0.457 e. The van der Waals surface area contributed by atoms with E-state index in [1.165, 1.54) is 22.6 Å². The zero-order valence-corrected chi connectivity index (χ0v) is 37.9. The number of Topliss-reactive ketones (excluding diaryl/α,β-unsaturated/α-hetero) is 1. The van der Waals surface area contributed by atoms with Crippen molar-refractivity contribution in [1.29, 1.82) is 0 Å². The number of hydrogen-bond donors (Lipinski definition) is 1. The topological polar surface area (TPSA) is 129 Å². The van der Waals surface area contributed by atoms with Crippen molar-refractivity contribution in [2.24, 2.45) is 18.9 Å². The number of halogens is 3. The van der Waals surface area contributed by atoms with Gasteiger partial charge in [-0.15, -0.1) is 12.4 Å². The Bertz CT molecular complexity index is 2140. The Kier molecular flexibility index (Phi) is 16.8. The van der Waals surface area contributed by atoms with Gasteiger partial charge in [0.25, 0.3) is 0 Å². The van der Waals surface area contributed by atoms with Crippen molar-refractivity contribution in [3.05, 3.63) is 99.9 Å². The predicted octanol–water partition coefficient (Wildman–Crippen LogP) is 7.45. The van der Waals surface area contributed by atoms with Crippen molar-refractivity contribution in [3.63, 3.8) is 0 Å². The highest BCUT2D eigenvalue weighted by molar-refractivity contribution is 6.31. The van der Waals surface area contributed by atoms with E-state index in [2.05, 4.69) is 9.47 Å². The zero-order chi connectivity index (χ0) is 43.1. The second-order valence-corrected chi connectivity index (χ2v) is 17.1. The lowest BCUT2D eigenvalue weighted by molar-refractivity contribution is -0.148. The first-order chi connectivity index (χ1) is 28.8. The van der Waals surface area contributed by atoms with Crippen LogP contribution in [0.2, 0.25) is 10.0 Å². The molecule has 0 aliphatic carbocycles. The van der Waals surface area contributed by atoms with Gasteiger partial charge in [0.2, 0.25) is 17.7 Å². The van der Waals surface area contributed by atoms with Gasteiger partial charge in [-0.1, -0.05) is 48.3 Å². The second kappa shape index (κ2) is 21.6. The molecule has 2 aliphatic heterocycles. The van der Waals surface area contributed by atoms with E-state index in [0.29, 0.717) is 39.9 Å². The fourth-order valence-electron chi connectivity index (χ4n) is 8.16. The minimum absolute atomic E-state index is 0. The number of ketones is 1. The van der Waals surface area contributed by atoms with Crippen LogP contribution in [0.15, 0.2) is 72.9 Å². The summed E-state index contributed by atoms with van der Waals surface area (Å²) in [7, 11) is 5.34. The van der Waals surface area contributed by atoms with E-state index in [0.717, 1.165) is 42.3 Å². The number of imidazole rings is 1. The molecule has 3 aromatic carbocycles. The standard InChI is InChI=1S/C46H56Cl2N6O6.ClH/c1-6-32-23-44(57)54(30(2)41(56)22-35(29-55)46(59)51(4)38(27-50(3)45(32)58)21-31-9-14-36(47)15-10-31)26-34-11-16-37(48)24-42(34)60-39-17-12-33(13-18-39)40-25-49-43(52(40)5)28-53-19-7-8-20-53;/h9-18,24-25,30,32,35,38,55H,6-8,19-23,26-29H2,1-5H3;1H/t30-,32+,35-,38+;/m0./s1. The maximum Gasteiger partial charge on any atom is 0.228 e. The van der Waals surface area contributed by atoms with Crippen LogP contribution in [0.4, 0.5) is 0 Å². The van der Waals surface area contributed by atoms with Crippen molar-refractivity contribution in [1.82, 2.24) is 29.2 Å². The molecule has 2 saturated heterocycles. The number of benzene rings is 3. The van der Waals surface area contributed by atoms with Crippen LogP contribution in [0.1, 0.15) is 62.9 Å². The Morgan fingerprint density at radius 1 is 0.836 bits per heavy atom. The normalized spacial score (nSPS) is 21.1. The second-order valence-electron chi connectivity index (χ2n) is 16.2. The number of likely N-dealkylation sites (N-methyl/N-ethyl adjacent to an activating group) is 2. The van der Waals surface area contributed by atoms with Crippen molar-refractivity contribution in [2.75, 3.05) is 40.3 Å². The third kappa shape index (κ3) is 11.7. The predicted molar refractivity (Wildman–Crippen MR) is 240 cm³/mol. The molecule has 3 heterocycles. The first-order valence-corrected chi connectivity index (χ1v) is 21.5. The number of hydrogen-bond acceptors (Lipinski definition) is 8. The van der Waals surface area contributed by atoms with Crippen LogP contribution in [0, 0.1) is 11.8 Å². The van der Waals surface area contributed by atoms with Crippen molar-refractivity contribution in [2.45, 2.75) is 77.5 Å². The van der Waals surface area contributed by atoms with E-state index < -0.39 is 48.1 Å². The molecule has 2 fully saturated rings. The number of carbonyl (C=O) groups is 4. The molecule has 1 N–H and O–H groups in total. The van der Waals surface area contributed by atoms with Crippen LogP contribution >= 0.6 is 35.6 Å². The Labute approximate surface area is 375 Å². The molecular formula is C46H57Cl3N6O6. The van der Waals surface area contributed by atoms with Gasteiger partial charge >= 0.3 is 0 Å². The van der Waals surface area contributed by atoms with Crippen molar-refractivity contribution < 1.29 is 29.0 Å². The Hall–Kier alpha value is -4.46. The molecule has 61 heavy (non-hydrogen) atoms. The molecule has 12 nitrogen and oxygen atoms in total. The molecule has 6 rings (SSSR count). The van der Waals surface area contributed by atoms with Crippen LogP contribution in [0.5, 0.6) is 11.5 Å². The van der Waals surface area contributed by atoms with Crippen LogP contribution in [-0.4, -0.2) is 110 Å². The fourth-order valence-corrected chi connectivity index (χ4v) is 8.44. The van der Waals surface area contributed by atoms with Gasteiger partial charge in [0, 0.05) is 67.6 Å². The Morgan fingerprint density at radius 2 is 1.51 bits per heavy atom. The highest BCUT2D eigenvalue weighted by Gasteiger charge is 2.36. The number of aliphatic hydroxyl groups is 1. The van der Waals surface area contributed by atoms with Gasteiger partial charge in [-0.2, -0.15) is 0 Å². The Morgan fingerprint density at radius 3 is 2.16 bits per heavy atom. The summed E-state index contributed by atoms with van der Waals surface area (Å²) in [5.41, 5.74) is 3.46. The van der Waals surface area contributed by atoms with Crippen LogP contribution < -0.4 is 4.74 Å². The number of likely N-dealkylation sites (tertiary alicyclic amines) is 1. The smallest absolute Gasteiger partial charge is 0.228 e. The molecule has 0 bridgehead atoms. The molecule has 2 aliphatic rings. The summed E-state index contributed by atoms with van der Waals surface area (Å²) < 4.78 is 8.54. The van der Waals surface area contributed by atoms with Gasteiger partial charge in [-0.3, -0.25) is 24.1 Å². The molecule has 3 amide bonds. The van der Waals surface area contributed by atoms with E-state index in [9.17, 15) is 24.3 Å². The SMILES string of the molecule is CC[C@@H]1CC(=O)N(Cc2ccc(Cl)cc2Oc2ccc(-c3cnc(CN4CCCC4)n3C)cc2)[C@@H](C)C(=O)C[C@@H](CO)C(=O)N(C)[C@H](Cc2ccc(Cl)cc2)CN(C)C1=O.Cl. The first kappa shape index (κ1) is 47.6. The summed E-state index contributed by atoms with van der Waals surface area (Å²) in [6.45, 7) is 6.05. The van der Waals surface area contributed by atoms with E-state index >= 15 is 0 Å². The van der Waals surface area contributed by atoms with E-state index in [-0.39, 0.29) is 44.2 Å². The maximum absolute atomic E-state index is 14.4. The third-order valence-electron chi connectivity index (χ3n) is 12.1. The van der Waals surface area contributed by atoms with Crippen LogP contribution in [0.25, 0.3) is 11.3 Å². The lowest BCUT2D eigenvalue weighted by atomic mass is 9.93. The van der Waals surface area contributed by atoms with E-state index in [1.54, 1.807) is 56.3 Å². The molecule has 4 aromatic rings. The zero-order valence-electron chi connectivity index (χ0n) is 35.6. The van der Waals surface area contributed by atoms with Gasteiger partial charge in [-0.05, 0) is 99.8 Å². The van der Waals surface area contributed by atoms with Gasteiger partial charge in [-0.25, -0.2) is 4.98 Å². The van der Waals surface area contributed by atoms with Gasteiger partial charge in [0.05, 0.1) is 49.6 Å². The first-order valence-electron chi connectivity index (χ1n) is 20.7. The molecule has 0 saturated carbocycles. The maximum atomic E-state index is 14.4. The molecule has 1 aromatic heterocycles. The summed E-state index contributed by atoms with van der Waals surface area (Å²) in [5.74, 6) is -1.23. The number of aliphatic hydroxyl groups excluding tert-OH is 1. The van der Waals surface area contributed by atoms with Gasteiger partial charge in [0.1, 0.15) is 17.3 Å². The molecule has 0 unspecified atom stereocenters. The summed E-state index contributed by atoms with van der Waals surface area (Å²) in [4.78, 5) is 68.2. The largest absolute Gasteiger partial charge is 0.457 e. The summed E-state index contributed by atoms with van der Waals surface area (Å²) in [6, 6.07) is 18.6. The number of rotatable bonds is 11. The van der Waals surface area contributed by atoms with Gasteiger partial charge < -0.3 is 29.1 Å². The van der Waals surface area contributed by atoms with E-state index in [4.69, 9.17) is 32.9 Å². The monoisotopic (exact) mass is 894 g/mol. The minimum atomic E-state index is -1.05. The average molecular weight is 896 g/mol. The van der Waals surface area contributed by atoms with Gasteiger partial charge in [0.15, 0.2) is 5.78 Å². The Balaban J connectivity index is 0.00000704. The highest BCUT2D eigenvalue weighted by Crippen LogP contribution is 2.33. The summed E-state index contributed by atoms with van der Waals surface area (Å²) >= 11 is 12.6. The quantitative estimate of drug-likeness (QED) is 0.165. The lowest BCUT2D eigenvalue weighted by Gasteiger charge is -2.36. The third-order valence-corrected chi connectivity index (χ3v) is 12.6. The number of nitrogens with zero attached hydrogens (tertiary/aromatic N) is 6. The molecule has 4 atom stereocenters. The molecule has 0 spiro atoms. The average Bonchev–Trinajstić information content (AvgIpc) is 3.90. The summed E-state index contributed by atoms with van der Waals surface area (Å²) in [6.07, 6.45) is 4.71. The number of aromatic nitrogens is 2. The number of carbonyl (C=O) groups excluding carboxylic acids is 4. The molecule has 0 radical (unpaired) electrons. The highest BCUT2D eigenvalue weighted by atomic mass is 35.5. The summed E-state index contributed by atoms with van der Waals surface area (Å²) in [5, 5.41) is 11.5. The number of ether oxygens (including phenoxy) is 1.